The molecule has 0 N–H and O–H groups in total. The molecule has 0 saturated heterocycles. The molecule has 0 aliphatic carbocycles. The fourth-order valence-corrected chi connectivity index (χ4v) is 7.37. The Morgan fingerprint density at radius 3 is 2.00 bits per heavy atom. The summed E-state index contributed by atoms with van der Waals surface area (Å²) < 4.78 is 8.92. The van der Waals surface area contributed by atoms with Gasteiger partial charge >= 0.3 is 0 Å². The lowest BCUT2D eigenvalue weighted by atomic mass is 9.91. The van der Waals surface area contributed by atoms with Crippen LogP contribution in [0.1, 0.15) is 0 Å². The average Bonchev–Trinajstić information content (AvgIpc) is 3.60. The van der Waals surface area contributed by atoms with Crippen LogP contribution in [0.4, 0.5) is 0 Å². The van der Waals surface area contributed by atoms with Crippen LogP contribution >= 0.6 is 0 Å². The summed E-state index contributed by atoms with van der Waals surface area (Å²) in [6, 6.07) is 50.5. The van der Waals surface area contributed by atoms with Gasteiger partial charge in [-0.05, 0) is 62.8 Å². The van der Waals surface area contributed by atoms with Crippen molar-refractivity contribution in [3.05, 3.63) is 140 Å². The maximum absolute atomic E-state index is 6.46. The maximum atomic E-state index is 6.46. The molecule has 0 aliphatic rings. The lowest BCUT2D eigenvalue weighted by molar-refractivity contribution is 0.670. The number of aromatic nitrogens is 1. The molecule has 0 aliphatic heterocycles. The minimum Gasteiger partial charge on any atom is -0.455 e. The van der Waals surface area contributed by atoms with Crippen LogP contribution < -0.4 is 0 Å². The third kappa shape index (κ3) is 2.78. The van der Waals surface area contributed by atoms with Crippen molar-refractivity contribution in [2.24, 2.45) is 0 Å². The molecular formula is C40H23NO. The smallest absolute Gasteiger partial charge is 0.143 e. The summed E-state index contributed by atoms with van der Waals surface area (Å²) in [4.78, 5) is 0. The SMILES string of the molecule is c1ccc(-n2c3ccc(-c4cccc5c4oc4ccccc45)cc3c3c4cccc5ccc6cccc(c6c54)c32)cc1. The monoisotopic (exact) mass is 533 g/mol. The lowest BCUT2D eigenvalue weighted by Crippen LogP contribution is -1.95. The van der Waals surface area contributed by atoms with Crippen molar-refractivity contribution < 1.29 is 4.42 Å². The van der Waals surface area contributed by atoms with E-state index in [-0.39, 0.29) is 0 Å². The molecule has 0 saturated carbocycles. The Hall–Kier alpha value is -5.60. The van der Waals surface area contributed by atoms with E-state index in [1.807, 2.05) is 6.07 Å². The first-order chi connectivity index (χ1) is 20.8. The molecule has 2 heterocycles. The zero-order chi connectivity index (χ0) is 27.4. The van der Waals surface area contributed by atoms with Crippen LogP contribution in [-0.2, 0) is 0 Å². The summed E-state index contributed by atoms with van der Waals surface area (Å²) in [5, 5.41) is 12.7. The highest BCUT2D eigenvalue weighted by molar-refractivity contribution is 6.38. The molecule has 8 aromatic carbocycles. The Kier molecular flexibility index (Phi) is 4.21. The largest absolute Gasteiger partial charge is 0.455 e. The van der Waals surface area contributed by atoms with E-state index in [9.17, 15) is 0 Å². The molecule has 0 fully saturated rings. The quantitative estimate of drug-likeness (QED) is 0.202. The van der Waals surface area contributed by atoms with Crippen LogP contribution in [-0.4, -0.2) is 4.57 Å². The van der Waals surface area contributed by atoms with E-state index in [1.165, 1.54) is 59.8 Å². The van der Waals surface area contributed by atoms with Crippen LogP contribution in [0.15, 0.2) is 144 Å². The van der Waals surface area contributed by atoms with E-state index in [0.29, 0.717) is 0 Å². The summed E-state index contributed by atoms with van der Waals surface area (Å²) in [6.07, 6.45) is 0. The van der Waals surface area contributed by atoms with Gasteiger partial charge in [0.2, 0.25) is 0 Å². The van der Waals surface area contributed by atoms with Crippen LogP contribution in [0.2, 0.25) is 0 Å². The third-order valence-corrected chi connectivity index (χ3v) is 9.11. The van der Waals surface area contributed by atoms with E-state index in [4.69, 9.17) is 4.42 Å². The summed E-state index contributed by atoms with van der Waals surface area (Å²) in [5.41, 5.74) is 7.75. The first-order valence-electron chi connectivity index (χ1n) is 14.4. The van der Waals surface area contributed by atoms with Crippen molar-refractivity contribution in [1.29, 1.82) is 0 Å². The second kappa shape index (κ2) is 7.99. The molecule has 0 unspecified atom stereocenters. The molecule has 0 bridgehead atoms. The first kappa shape index (κ1) is 22.1. The lowest BCUT2D eigenvalue weighted by Gasteiger charge is -2.15. The molecule has 42 heavy (non-hydrogen) atoms. The predicted octanol–water partition coefficient (Wildman–Crippen LogP) is 11.2. The minimum absolute atomic E-state index is 0.921. The van der Waals surface area contributed by atoms with E-state index in [0.717, 1.165) is 33.1 Å². The Balaban J connectivity index is 1.41. The van der Waals surface area contributed by atoms with Gasteiger partial charge in [-0.15, -0.1) is 0 Å². The number of furan rings is 1. The summed E-state index contributed by atoms with van der Waals surface area (Å²) in [7, 11) is 0. The Morgan fingerprint density at radius 2 is 1.14 bits per heavy atom. The van der Waals surface area contributed by atoms with Crippen molar-refractivity contribution in [2.75, 3.05) is 0 Å². The molecule has 0 amide bonds. The van der Waals surface area contributed by atoms with E-state index >= 15 is 0 Å². The van der Waals surface area contributed by atoms with Crippen LogP contribution in [0.3, 0.4) is 0 Å². The van der Waals surface area contributed by atoms with Crippen molar-refractivity contribution in [3.8, 4) is 16.8 Å². The highest BCUT2D eigenvalue weighted by Crippen LogP contribution is 2.46. The molecule has 10 aromatic rings. The summed E-state index contributed by atoms with van der Waals surface area (Å²) >= 11 is 0. The van der Waals surface area contributed by atoms with Crippen LogP contribution in [0.25, 0.3) is 92.9 Å². The fraction of sp³-hybridized carbons (Fsp3) is 0. The molecule has 0 radical (unpaired) electrons. The predicted molar refractivity (Wildman–Crippen MR) is 177 cm³/mol. The van der Waals surface area contributed by atoms with Crippen molar-refractivity contribution in [3.63, 3.8) is 0 Å². The van der Waals surface area contributed by atoms with Gasteiger partial charge in [-0.3, -0.25) is 0 Å². The molecule has 10 rings (SSSR count). The Morgan fingerprint density at radius 1 is 0.452 bits per heavy atom. The maximum Gasteiger partial charge on any atom is 0.143 e. The second-order valence-corrected chi connectivity index (χ2v) is 11.3. The molecular weight excluding hydrogens is 510 g/mol. The molecule has 2 aromatic heterocycles. The highest BCUT2D eigenvalue weighted by Gasteiger charge is 2.22. The normalized spacial score (nSPS) is 12.3. The number of rotatable bonds is 2. The van der Waals surface area contributed by atoms with Gasteiger partial charge in [0.05, 0.1) is 11.0 Å². The molecule has 2 heteroatoms. The molecule has 0 atom stereocenters. The minimum atomic E-state index is 0.921. The number of nitrogens with zero attached hydrogens (tertiary/aromatic N) is 1. The topological polar surface area (TPSA) is 18.1 Å². The van der Waals surface area contributed by atoms with Crippen molar-refractivity contribution >= 4 is 76.1 Å². The summed E-state index contributed by atoms with van der Waals surface area (Å²) in [5.74, 6) is 0. The number of fused-ring (bicyclic) bond motifs is 8. The number of hydrogen-bond acceptors (Lipinski definition) is 1. The average molecular weight is 534 g/mol. The third-order valence-electron chi connectivity index (χ3n) is 9.11. The highest BCUT2D eigenvalue weighted by atomic mass is 16.3. The number of benzene rings is 8. The van der Waals surface area contributed by atoms with E-state index in [2.05, 4.69) is 138 Å². The summed E-state index contributed by atoms with van der Waals surface area (Å²) in [6.45, 7) is 0. The van der Waals surface area contributed by atoms with Crippen LogP contribution in [0, 0.1) is 0 Å². The van der Waals surface area contributed by atoms with Gasteiger partial charge in [-0.1, -0.05) is 109 Å². The van der Waals surface area contributed by atoms with Crippen molar-refractivity contribution in [2.45, 2.75) is 0 Å². The van der Waals surface area contributed by atoms with Crippen molar-refractivity contribution in [1.82, 2.24) is 4.57 Å². The van der Waals surface area contributed by atoms with Gasteiger partial charge in [0, 0.05) is 38.2 Å². The zero-order valence-corrected chi connectivity index (χ0v) is 22.6. The Bertz CT molecular complexity index is 2670. The fourth-order valence-electron chi connectivity index (χ4n) is 7.37. The van der Waals surface area contributed by atoms with Gasteiger partial charge in [0.25, 0.3) is 0 Å². The molecule has 0 spiro atoms. The number of hydrogen-bond donors (Lipinski definition) is 0. The number of para-hydroxylation sites is 3. The van der Waals surface area contributed by atoms with E-state index < -0.39 is 0 Å². The van der Waals surface area contributed by atoms with Crippen LogP contribution in [0.5, 0.6) is 0 Å². The van der Waals surface area contributed by atoms with E-state index in [1.54, 1.807) is 0 Å². The Labute approximate surface area is 241 Å². The van der Waals surface area contributed by atoms with Gasteiger partial charge in [0.15, 0.2) is 0 Å². The van der Waals surface area contributed by atoms with Gasteiger partial charge in [0.1, 0.15) is 11.2 Å². The van der Waals surface area contributed by atoms with Gasteiger partial charge in [-0.25, -0.2) is 0 Å². The van der Waals surface area contributed by atoms with Gasteiger partial charge in [-0.2, -0.15) is 0 Å². The molecule has 2 nitrogen and oxygen atoms in total. The first-order valence-corrected chi connectivity index (χ1v) is 14.4. The standard InChI is InChI=1S/C40H23NO/c1-2-11-27(12-3-1)41-34-22-21-26(28-14-8-15-30-29-13-4-5-18-35(29)42-40(28)30)23-33(34)38-31-16-6-9-24-19-20-25-10-7-17-32(39(38)41)37(25)36(24)31/h1-23H. The zero-order valence-electron chi connectivity index (χ0n) is 22.6. The second-order valence-electron chi connectivity index (χ2n) is 11.3. The molecule has 194 valence electrons. The van der Waals surface area contributed by atoms with Gasteiger partial charge < -0.3 is 8.98 Å².